The Balaban J connectivity index is 2.22. The molecule has 0 aliphatic rings. The average molecular weight is 338 g/mol. The second-order valence-corrected chi connectivity index (χ2v) is 7.62. The number of primary sulfonamides is 1. The maximum Gasteiger partial charge on any atom is 0.264 e. The Bertz CT molecular complexity index is 779. The van der Waals surface area contributed by atoms with Gasteiger partial charge in [0.1, 0.15) is 0 Å². The van der Waals surface area contributed by atoms with Gasteiger partial charge in [0.15, 0.2) is 0 Å². The first-order valence-corrected chi connectivity index (χ1v) is 9.08. The summed E-state index contributed by atoms with van der Waals surface area (Å²) >= 11 is 1.42. The molecule has 0 aliphatic carbocycles. The summed E-state index contributed by atoms with van der Waals surface area (Å²) in [5.41, 5.74) is 1.80. The zero-order valence-corrected chi connectivity index (χ0v) is 14.2. The first-order valence-electron chi connectivity index (χ1n) is 6.66. The molecule has 1 atom stereocenters. The van der Waals surface area contributed by atoms with Gasteiger partial charge in [-0.05, 0) is 48.6 Å². The number of sulfonamides is 1. The zero-order valence-electron chi connectivity index (χ0n) is 12.6. The fourth-order valence-electron chi connectivity index (χ4n) is 2.09. The Kier molecular flexibility index (Phi) is 4.69. The molecule has 22 heavy (non-hydrogen) atoms. The van der Waals surface area contributed by atoms with Gasteiger partial charge in [-0.15, -0.1) is 11.3 Å². The minimum Gasteiger partial charge on any atom is -0.334 e. The number of carbonyl (C=O) groups excluding carboxylic acids is 1. The lowest BCUT2D eigenvalue weighted by molar-refractivity contribution is 0.0747. The molecule has 1 amide bonds. The monoisotopic (exact) mass is 338 g/mol. The Morgan fingerprint density at radius 1 is 1.23 bits per heavy atom. The van der Waals surface area contributed by atoms with Gasteiger partial charge in [0, 0.05) is 7.05 Å². The quantitative estimate of drug-likeness (QED) is 0.930. The molecular weight excluding hydrogens is 320 g/mol. The molecule has 7 heteroatoms. The SMILES string of the molecule is Cc1ccsc1C(=O)N(C)[C@H](C)c1ccc(S(N)(=O)=O)cc1. The maximum absolute atomic E-state index is 12.5. The van der Waals surface area contributed by atoms with E-state index in [0.29, 0.717) is 0 Å². The molecule has 0 unspecified atom stereocenters. The average Bonchev–Trinajstić information content (AvgIpc) is 2.90. The lowest BCUT2D eigenvalue weighted by Crippen LogP contribution is -2.29. The molecule has 0 saturated carbocycles. The summed E-state index contributed by atoms with van der Waals surface area (Å²) in [4.78, 5) is 14.9. The van der Waals surface area contributed by atoms with Crippen molar-refractivity contribution in [3.8, 4) is 0 Å². The molecule has 0 radical (unpaired) electrons. The van der Waals surface area contributed by atoms with Crippen molar-refractivity contribution >= 4 is 27.3 Å². The van der Waals surface area contributed by atoms with Crippen LogP contribution in [0.15, 0.2) is 40.6 Å². The first kappa shape index (κ1) is 16.7. The second kappa shape index (κ2) is 6.20. The first-order chi connectivity index (χ1) is 10.2. The largest absolute Gasteiger partial charge is 0.334 e. The van der Waals surface area contributed by atoms with Crippen LogP contribution >= 0.6 is 11.3 Å². The number of hydrogen-bond donors (Lipinski definition) is 1. The van der Waals surface area contributed by atoms with Crippen molar-refractivity contribution in [3.05, 3.63) is 51.7 Å². The number of hydrogen-bond acceptors (Lipinski definition) is 4. The van der Waals surface area contributed by atoms with Crippen LogP contribution in [0.2, 0.25) is 0 Å². The van der Waals surface area contributed by atoms with E-state index in [-0.39, 0.29) is 16.8 Å². The van der Waals surface area contributed by atoms with E-state index >= 15 is 0 Å². The zero-order chi connectivity index (χ0) is 16.5. The maximum atomic E-state index is 12.5. The Hall–Kier alpha value is -1.70. The molecule has 0 spiro atoms. The number of carbonyl (C=O) groups is 1. The minimum absolute atomic E-state index is 0.0458. The molecule has 0 fully saturated rings. The number of benzene rings is 1. The molecular formula is C15H18N2O3S2. The van der Waals surface area contributed by atoms with E-state index in [1.165, 1.54) is 23.5 Å². The van der Waals surface area contributed by atoms with Gasteiger partial charge >= 0.3 is 0 Å². The summed E-state index contributed by atoms with van der Waals surface area (Å²) in [6, 6.07) is 8.00. The Labute approximate surface area is 134 Å². The number of rotatable bonds is 4. The highest BCUT2D eigenvalue weighted by Gasteiger charge is 2.21. The van der Waals surface area contributed by atoms with Gasteiger partial charge in [-0.1, -0.05) is 12.1 Å². The van der Waals surface area contributed by atoms with Crippen molar-refractivity contribution in [3.63, 3.8) is 0 Å². The normalized spacial score (nSPS) is 12.9. The third-order valence-electron chi connectivity index (χ3n) is 3.65. The minimum atomic E-state index is -3.70. The summed E-state index contributed by atoms with van der Waals surface area (Å²) in [6.07, 6.45) is 0. The van der Waals surface area contributed by atoms with Crippen LogP contribution in [0.25, 0.3) is 0 Å². The van der Waals surface area contributed by atoms with Gasteiger partial charge in [-0.2, -0.15) is 0 Å². The Morgan fingerprint density at radius 3 is 2.27 bits per heavy atom. The van der Waals surface area contributed by atoms with E-state index in [9.17, 15) is 13.2 Å². The van der Waals surface area contributed by atoms with Crippen LogP contribution in [0.3, 0.4) is 0 Å². The van der Waals surface area contributed by atoms with Gasteiger partial charge < -0.3 is 4.90 Å². The summed E-state index contributed by atoms with van der Waals surface area (Å²) in [5.74, 6) is -0.0458. The summed E-state index contributed by atoms with van der Waals surface area (Å²) in [5, 5.41) is 6.97. The van der Waals surface area contributed by atoms with Crippen molar-refractivity contribution < 1.29 is 13.2 Å². The predicted molar refractivity (Wildman–Crippen MR) is 87.4 cm³/mol. The van der Waals surface area contributed by atoms with Crippen molar-refractivity contribution in [2.75, 3.05) is 7.05 Å². The third-order valence-corrected chi connectivity index (χ3v) is 5.58. The third kappa shape index (κ3) is 3.37. The summed E-state index contributed by atoms with van der Waals surface area (Å²) in [7, 11) is -1.97. The van der Waals surface area contributed by atoms with Crippen LogP contribution in [0.1, 0.15) is 33.8 Å². The standard InChI is InChI=1S/C15H18N2O3S2/c1-10-8-9-21-14(10)15(18)17(3)11(2)12-4-6-13(7-5-12)22(16,19)20/h4-9,11H,1-3H3,(H2,16,19,20)/t11-/m1/s1. The van der Waals surface area contributed by atoms with Crippen LogP contribution in [0.5, 0.6) is 0 Å². The molecule has 0 bridgehead atoms. The molecule has 5 nitrogen and oxygen atoms in total. The predicted octanol–water partition coefficient (Wildman–Crippen LogP) is 2.54. The second-order valence-electron chi connectivity index (χ2n) is 5.14. The van der Waals surface area contributed by atoms with Crippen LogP contribution in [-0.4, -0.2) is 26.3 Å². The molecule has 118 valence electrons. The number of aryl methyl sites for hydroxylation is 1. The van der Waals surface area contributed by atoms with E-state index < -0.39 is 10.0 Å². The van der Waals surface area contributed by atoms with Gasteiger partial charge in [0.05, 0.1) is 15.8 Å². The molecule has 1 aromatic heterocycles. The Morgan fingerprint density at radius 2 is 1.82 bits per heavy atom. The summed E-state index contributed by atoms with van der Waals surface area (Å²) < 4.78 is 22.5. The van der Waals surface area contributed by atoms with Crippen molar-refractivity contribution in [2.45, 2.75) is 24.8 Å². The van der Waals surface area contributed by atoms with Crippen molar-refractivity contribution in [1.29, 1.82) is 0 Å². The number of thiophene rings is 1. The number of nitrogens with two attached hydrogens (primary N) is 1. The van der Waals surface area contributed by atoms with E-state index in [2.05, 4.69) is 0 Å². The van der Waals surface area contributed by atoms with Gasteiger partial charge in [0.25, 0.3) is 5.91 Å². The van der Waals surface area contributed by atoms with E-state index in [1.807, 2.05) is 25.3 Å². The van der Waals surface area contributed by atoms with Crippen LogP contribution < -0.4 is 5.14 Å². The highest BCUT2D eigenvalue weighted by Crippen LogP contribution is 2.25. The molecule has 2 N–H and O–H groups in total. The van der Waals surface area contributed by atoms with Gasteiger partial charge in [0.2, 0.25) is 10.0 Å². The lowest BCUT2D eigenvalue weighted by atomic mass is 10.1. The molecule has 2 aromatic rings. The van der Waals surface area contributed by atoms with E-state index in [1.54, 1.807) is 24.1 Å². The highest BCUT2D eigenvalue weighted by atomic mass is 32.2. The molecule has 1 aromatic carbocycles. The van der Waals surface area contributed by atoms with E-state index in [0.717, 1.165) is 16.0 Å². The molecule has 2 rings (SSSR count). The van der Waals surface area contributed by atoms with Gasteiger partial charge in [-0.25, -0.2) is 13.6 Å². The van der Waals surface area contributed by atoms with Crippen LogP contribution in [0.4, 0.5) is 0 Å². The highest BCUT2D eigenvalue weighted by molar-refractivity contribution is 7.89. The fourth-order valence-corrected chi connectivity index (χ4v) is 3.51. The van der Waals surface area contributed by atoms with Crippen molar-refractivity contribution in [1.82, 2.24) is 4.90 Å². The van der Waals surface area contributed by atoms with Gasteiger partial charge in [-0.3, -0.25) is 4.79 Å². The van der Waals surface area contributed by atoms with Crippen LogP contribution in [-0.2, 0) is 10.0 Å². The molecule has 1 heterocycles. The lowest BCUT2D eigenvalue weighted by Gasteiger charge is -2.25. The van der Waals surface area contributed by atoms with Crippen LogP contribution in [0, 0.1) is 6.92 Å². The smallest absolute Gasteiger partial charge is 0.264 e. The fraction of sp³-hybridized carbons (Fsp3) is 0.267. The van der Waals surface area contributed by atoms with E-state index in [4.69, 9.17) is 5.14 Å². The molecule has 0 saturated heterocycles. The summed E-state index contributed by atoms with van der Waals surface area (Å²) in [6.45, 7) is 3.80. The number of nitrogens with zero attached hydrogens (tertiary/aromatic N) is 1. The van der Waals surface area contributed by atoms with Crippen molar-refractivity contribution in [2.24, 2.45) is 5.14 Å². The molecule has 0 aliphatic heterocycles. The topological polar surface area (TPSA) is 80.5 Å². The number of amides is 1.